The standard InChI is InChI=1S/C15H21NO3/c1-4-6-10-13(17)16-12-9-7-8-11(3)14(12)15(18)19-5-2/h7-9H,4-6,10H2,1-3H3,(H,16,17). The fourth-order valence-electron chi connectivity index (χ4n) is 1.80. The van der Waals surface area contributed by atoms with E-state index in [-0.39, 0.29) is 5.91 Å². The topological polar surface area (TPSA) is 55.4 Å². The highest BCUT2D eigenvalue weighted by atomic mass is 16.5. The average Bonchev–Trinajstić information content (AvgIpc) is 2.36. The third kappa shape index (κ3) is 4.39. The van der Waals surface area contributed by atoms with E-state index in [9.17, 15) is 9.59 Å². The number of aryl methyl sites for hydroxylation is 1. The second-order valence-corrected chi connectivity index (χ2v) is 4.37. The van der Waals surface area contributed by atoms with Crippen molar-refractivity contribution in [3.63, 3.8) is 0 Å². The van der Waals surface area contributed by atoms with E-state index in [1.54, 1.807) is 13.0 Å². The van der Waals surface area contributed by atoms with Crippen LogP contribution in [0.2, 0.25) is 0 Å². The van der Waals surface area contributed by atoms with Gasteiger partial charge in [-0.1, -0.05) is 25.5 Å². The number of amides is 1. The Bertz CT molecular complexity index is 455. The van der Waals surface area contributed by atoms with Crippen LogP contribution in [0, 0.1) is 6.92 Å². The molecular formula is C15H21NO3. The highest BCUT2D eigenvalue weighted by molar-refractivity contribution is 6.02. The molecule has 1 amide bonds. The largest absolute Gasteiger partial charge is 0.462 e. The Labute approximate surface area is 114 Å². The van der Waals surface area contributed by atoms with E-state index in [0.29, 0.717) is 24.3 Å². The van der Waals surface area contributed by atoms with Crippen LogP contribution in [0.5, 0.6) is 0 Å². The lowest BCUT2D eigenvalue weighted by Gasteiger charge is -2.12. The number of rotatable bonds is 6. The lowest BCUT2D eigenvalue weighted by molar-refractivity contribution is -0.116. The molecule has 0 unspecified atom stereocenters. The molecule has 0 aliphatic carbocycles. The van der Waals surface area contributed by atoms with Crippen molar-refractivity contribution in [3.05, 3.63) is 29.3 Å². The Morgan fingerprint density at radius 2 is 2.00 bits per heavy atom. The third-order valence-electron chi connectivity index (χ3n) is 2.78. The molecular weight excluding hydrogens is 242 g/mol. The van der Waals surface area contributed by atoms with Crippen molar-refractivity contribution < 1.29 is 14.3 Å². The van der Waals surface area contributed by atoms with Gasteiger partial charge >= 0.3 is 5.97 Å². The SMILES string of the molecule is CCCCC(=O)Nc1cccc(C)c1C(=O)OCC. The molecule has 0 bridgehead atoms. The number of unbranched alkanes of at least 4 members (excludes halogenated alkanes) is 1. The van der Waals surface area contributed by atoms with Crippen LogP contribution < -0.4 is 5.32 Å². The van der Waals surface area contributed by atoms with Crippen molar-refractivity contribution in [2.24, 2.45) is 0 Å². The molecule has 19 heavy (non-hydrogen) atoms. The van der Waals surface area contributed by atoms with E-state index in [1.807, 2.05) is 26.0 Å². The van der Waals surface area contributed by atoms with Gasteiger partial charge in [-0.3, -0.25) is 4.79 Å². The first kappa shape index (κ1) is 15.2. The highest BCUT2D eigenvalue weighted by Gasteiger charge is 2.16. The summed E-state index contributed by atoms with van der Waals surface area (Å²) in [5, 5.41) is 2.79. The first-order chi connectivity index (χ1) is 9.10. The number of esters is 1. The Morgan fingerprint density at radius 1 is 1.26 bits per heavy atom. The maximum Gasteiger partial charge on any atom is 0.340 e. The number of nitrogens with one attached hydrogen (secondary N) is 1. The number of hydrogen-bond acceptors (Lipinski definition) is 3. The van der Waals surface area contributed by atoms with Crippen LogP contribution in [-0.2, 0) is 9.53 Å². The lowest BCUT2D eigenvalue weighted by atomic mass is 10.1. The van der Waals surface area contributed by atoms with Crippen LogP contribution in [0.25, 0.3) is 0 Å². The van der Waals surface area contributed by atoms with Gasteiger partial charge in [-0.25, -0.2) is 4.79 Å². The monoisotopic (exact) mass is 263 g/mol. The van der Waals surface area contributed by atoms with Crippen LogP contribution in [0.3, 0.4) is 0 Å². The lowest BCUT2D eigenvalue weighted by Crippen LogP contribution is -2.16. The molecule has 0 aliphatic rings. The van der Waals surface area contributed by atoms with Gasteiger partial charge in [0.25, 0.3) is 0 Å². The van der Waals surface area contributed by atoms with Crippen molar-refractivity contribution in [1.29, 1.82) is 0 Å². The van der Waals surface area contributed by atoms with E-state index < -0.39 is 5.97 Å². The molecule has 1 N–H and O–H groups in total. The summed E-state index contributed by atoms with van der Waals surface area (Å²) >= 11 is 0. The van der Waals surface area contributed by atoms with Crippen LogP contribution >= 0.6 is 0 Å². The molecule has 1 aromatic rings. The van der Waals surface area contributed by atoms with Crippen LogP contribution in [0.1, 0.15) is 49.0 Å². The molecule has 1 aromatic carbocycles. The average molecular weight is 263 g/mol. The summed E-state index contributed by atoms with van der Waals surface area (Å²) in [6.07, 6.45) is 2.27. The second kappa shape index (κ2) is 7.56. The number of anilines is 1. The van der Waals surface area contributed by atoms with Gasteiger partial charge in [0, 0.05) is 6.42 Å². The van der Waals surface area contributed by atoms with E-state index in [4.69, 9.17) is 4.74 Å². The zero-order valence-corrected chi connectivity index (χ0v) is 11.8. The molecule has 0 saturated carbocycles. The number of benzene rings is 1. The highest BCUT2D eigenvalue weighted by Crippen LogP contribution is 2.21. The normalized spacial score (nSPS) is 10.1. The summed E-state index contributed by atoms with van der Waals surface area (Å²) in [6, 6.07) is 5.37. The number of carbonyl (C=O) groups is 2. The van der Waals surface area contributed by atoms with E-state index >= 15 is 0 Å². The van der Waals surface area contributed by atoms with Gasteiger partial charge in [0.1, 0.15) is 0 Å². The van der Waals surface area contributed by atoms with Crippen molar-refractivity contribution in [2.45, 2.75) is 40.0 Å². The molecule has 0 heterocycles. The number of carbonyl (C=O) groups excluding carboxylic acids is 2. The first-order valence-corrected chi connectivity index (χ1v) is 6.66. The Hall–Kier alpha value is -1.84. The van der Waals surface area contributed by atoms with E-state index in [1.165, 1.54) is 0 Å². The summed E-state index contributed by atoms with van der Waals surface area (Å²) in [5.74, 6) is -0.468. The van der Waals surface area contributed by atoms with Crippen molar-refractivity contribution >= 4 is 17.6 Å². The summed E-state index contributed by atoms with van der Waals surface area (Å²) in [5.41, 5.74) is 1.76. The predicted octanol–water partition coefficient (Wildman–Crippen LogP) is 3.30. The Kier molecular flexibility index (Phi) is 6.06. The quantitative estimate of drug-likeness (QED) is 0.801. The zero-order chi connectivity index (χ0) is 14.3. The maximum absolute atomic E-state index is 11.9. The number of hydrogen-bond donors (Lipinski definition) is 1. The second-order valence-electron chi connectivity index (χ2n) is 4.37. The molecule has 0 fully saturated rings. The molecule has 4 nitrogen and oxygen atoms in total. The minimum atomic E-state index is -0.397. The van der Waals surface area contributed by atoms with Gasteiger partial charge < -0.3 is 10.1 Å². The molecule has 104 valence electrons. The molecule has 0 aromatic heterocycles. The van der Waals surface area contributed by atoms with E-state index in [2.05, 4.69) is 5.32 Å². The molecule has 4 heteroatoms. The third-order valence-corrected chi connectivity index (χ3v) is 2.78. The van der Waals surface area contributed by atoms with Crippen molar-refractivity contribution in [1.82, 2.24) is 0 Å². The Morgan fingerprint density at radius 3 is 2.63 bits per heavy atom. The van der Waals surface area contributed by atoms with Crippen molar-refractivity contribution in [2.75, 3.05) is 11.9 Å². The van der Waals surface area contributed by atoms with Gasteiger partial charge in [-0.15, -0.1) is 0 Å². The molecule has 0 saturated heterocycles. The number of ether oxygens (including phenoxy) is 1. The summed E-state index contributed by atoms with van der Waals surface area (Å²) in [4.78, 5) is 23.7. The van der Waals surface area contributed by atoms with Crippen LogP contribution in [0.4, 0.5) is 5.69 Å². The van der Waals surface area contributed by atoms with Crippen molar-refractivity contribution in [3.8, 4) is 0 Å². The molecule has 0 atom stereocenters. The van der Waals surface area contributed by atoms with Crippen LogP contribution in [-0.4, -0.2) is 18.5 Å². The van der Waals surface area contributed by atoms with Gasteiger partial charge in [0.05, 0.1) is 17.9 Å². The Balaban J connectivity index is 2.91. The predicted molar refractivity (Wildman–Crippen MR) is 75.3 cm³/mol. The summed E-state index contributed by atoms with van der Waals surface area (Å²) < 4.78 is 5.02. The van der Waals surface area contributed by atoms with Gasteiger partial charge in [0.15, 0.2) is 0 Å². The van der Waals surface area contributed by atoms with Crippen LogP contribution in [0.15, 0.2) is 18.2 Å². The molecule has 0 radical (unpaired) electrons. The molecule has 0 aliphatic heterocycles. The van der Waals surface area contributed by atoms with Gasteiger partial charge in [-0.05, 0) is 31.9 Å². The van der Waals surface area contributed by atoms with Gasteiger partial charge in [-0.2, -0.15) is 0 Å². The first-order valence-electron chi connectivity index (χ1n) is 6.66. The fraction of sp³-hybridized carbons (Fsp3) is 0.467. The smallest absolute Gasteiger partial charge is 0.340 e. The minimum absolute atomic E-state index is 0.0713. The fourth-order valence-corrected chi connectivity index (χ4v) is 1.80. The van der Waals surface area contributed by atoms with Gasteiger partial charge in [0.2, 0.25) is 5.91 Å². The minimum Gasteiger partial charge on any atom is -0.462 e. The molecule has 0 spiro atoms. The zero-order valence-electron chi connectivity index (χ0n) is 11.8. The molecule has 1 rings (SSSR count). The summed E-state index contributed by atoms with van der Waals surface area (Å²) in [7, 11) is 0. The maximum atomic E-state index is 11.9. The van der Waals surface area contributed by atoms with E-state index in [0.717, 1.165) is 18.4 Å². The summed E-state index contributed by atoms with van der Waals surface area (Å²) in [6.45, 7) is 5.93.